The Bertz CT molecular complexity index is 542. The lowest BCUT2D eigenvalue weighted by atomic mass is 10.1. The SMILES string of the molecule is CC(C)(C)NCc1ccc(COc2ccc(F)cc2)s1. The quantitative estimate of drug-likeness (QED) is 0.884. The van der Waals surface area contributed by atoms with Gasteiger partial charge in [0.05, 0.1) is 0 Å². The van der Waals surface area contributed by atoms with Crippen LogP contribution in [0.4, 0.5) is 4.39 Å². The van der Waals surface area contributed by atoms with Crippen LogP contribution < -0.4 is 10.1 Å². The van der Waals surface area contributed by atoms with Crippen LogP contribution in [0.2, 0.25) is 0 Å². The van der Waals surface area contributed by atoms with Crippen LogP contribution in [0.15, 0.2) is 36.4 Å². The van der Waals surface area contributed by atoms with E-state index in [2.05, 4.69) is 38.2 Å². The first-order valence-corrected chi connectivity index (χ1v) is 7.45. The minimum absolute atomic E-state index is 0.120. The van der Waals surface area contributed by atoms with Crippen molar-refractivity contribution in [3.8, 4) is 5.75 Å². The maximum Gasteiger partial charge on any atom is 0.123 e. The highest BCUT2D eigenvalue weighted by molar-refractivity contribution is 7.11. The molecule has 0 amide bonds. The Balaban J connectivity index is 1.85. The molecule has 0 saturated carbocycles. The van der Waals surface area contributed by atoms with Crippen molar-refractivity contribution in [2.45, 2.75) is 39.5 Å². The Hall–Kier alpha value is -1.39. The molecule has 20 heavy (non-hydrogen) atoms. The van der Waals surface area contributed by atoms with Crippen LogP contribution in [-0.4, -0.2) is 5.54 Å². The van der Waals surface area contributed by atoms with Gasteiger partial charge >= 0.3 is 0 Å². The molecule has 2 aromatic rings. The van der Waals surface area contributed by atoms with E-state index in [1.54, 1.807) is 23.5 Å². The molecule has 2 nitrogen and oxygen atoms in total. The lowest BCUT2D eigenvalue weighted by Gasteiger charge is -2.19. The molecule has 0 aliphatic rings. The van der Waals surface area contributed by atoms with Gasteiger partial charge in [-0.05, 0) is 57.2 Å². The summed E-state index contributed by atoms with van der Waals surface area (Å²) >= 11 is 1.73. The van der Waals surface area contributed by atoms with Gasteiger partial charge in [-0.3, -0.25) is 0 Å². The largest absolute Gasteiger partial charge is 0.488 e. The van der Waals surface area contributed by atoms with Gasteiger partial charge in [-0.25, -0.2) is 4.39 Å². The van der Waals surface area contributed by atoms with Crippen molar-refractivity contribution in [2.75, 3.05) is 0 Å². The average molecular weight is 293 g/mol. The van der Waals surface area contributed by atoms with Gasteiger partial charge in [-0.1, -0.05) is 0 Å². The highest BCUT2D eigenvalue weighted by Gasteiger charge is 2.09. The van der Waals surface area contributed by atoms with Crippen molar-refractivity contribution in [3.05, 3.63) is 52.0 Å². The van der Waals surface area contributed by atoms with Crippen LogP contribution in [-0.2, 0) is 13.2 Å². The van der Waals surface area contributed by atoms with Crippen LogP contribution in [0.1, 0.15) is 30.5 Å². The number of hydrogen-bond acceptors (Lipinski definition) is 3. The average Bonchev–Trinajstić information content (AvgIpc) is 2.83. The first-order valence-electron chi connectivity index (χ1n) is 6.63. The minimum Gasteiger partial charge on any atom is -0.488 e. The zero-order valence-corrected chi connectivity index (χ0v) is 12.9. The van der Waals surface area contributed by atoms with E-state index in [0.717, 1.165) is 6.54 Å². The summed E-state index contributed by atoms with van der Waals surface area (Å²) in [4.78, 5) is 2.46. The Morgan fingerprint density at radius 2 is 1.70 bits per heavy atom. The predicted octanol–water partition coefficient (Wildman–Crippen LogP) is 4.35. The second-order valence-corrected chi connectivity index (χ2v) is 6.97. The summed E-state index contributed by atoms with van der Waals surface area (Å²) in [7, 11) is 0. The molecule has 1 N–H and O–H groups in total. The Morgan fingerprint density at radius 1 is 1.05 bits per heavy atom. The van der Waals surface area contributed by atoms with Crippen LogP contribution in [0.25, 0.3) is 0 Å². The number of ether oxygens (including phenoxy) is 1. The molecule has 2 rings (SSSR count). The summed E-state index contributed by atoms with van der Waals surface area (Å²) in [6.45, 7) is 7.84. The lowest BCUT2D eigenvalue weighted by Crippen LogP contribution is -2.34. The maximum absolute atomic E-state index is 12.8. The smallest absolute Gasteiger partial charge is 0.123 e. The van der Waals surface area contributed by atoms with Crippen molar-refractivity contribution in [1.82, 2.24) is 5.32 Å². The van der Waals surface area contributed by atoms with E-state index in [1.807, 2.05) is 0 Å². The van der Waals surface area contributed by atoms with Crippen molar-refractivity contribution in [2.24, 2.45) is 0 Å². The van der Waals surface area contributed by atoms with Gasteiger partial charge in [0, 0.05) is 21.8 Å². The monoisotopic (exact) mass is 293 g/mol. The van der Waals surface area contributed by atoms with E-state index in [4.69, 9.17) is 4.74 Å². The van der Waals surface area contributed by atoms with Crippen molar-refractivity contribution in [1.29, 1.82) is 0 Å². The molecule has 0 radical (unpaired) electrons. The molecule has 0 unspecified atom stereocenters. The van der Waals surface area contributed by atoms with E-state index in [9.17, 15) is 4.39 Å². The van der Waals surface area contributed by atoms with E-state index in [1.165, 1.54) is 21.9 Å². The number of hydrogen-bond donors (Lipinski definition) is 1. The van der Waals surface area contributed by atoms with Crippen LogP contribution in [0.3, 0.4) is 0 Å². The molecule has 1 heterocycles. The molecule has 0 saturated heterocycles. The molecular formula is C16H20FNOS. The summed E-state index contributed by atoms with van der Waals surface area (Å²) in [5.41, 5.74) is 0.120. The summed E-state index contributed by atoms with van der Waals surface area (Å²) in [6.07, 6.45) is 0. The molecule has 0 spiro atoms. The summed E-state index contributed by atoms with van der Waals surface area (Å²) in [6, 6.07) is 10.3. The summed E-state index contributed by atoms with van der Waals surface area (Å²) in [5, 5.41) is 3.46. The van der Waals surface area contributed by atoms with Gasteiger partial charge in [0.2, 0.25) is 0 Å². The first kappa shape index (κ1) is 15.0. The molecular weight excluding hydrogens is 273 g/mol. The first-order chi connectivity index (χ1) is 9.42. The van der Waals surface area contributed by atoms with Crippen molar-refractivity contribution < 1.29 is 9.13 Å². The fourth-order valence-electron chi connectivity index (χ4n) is 1.63. The van der Waals surface area contributed by atoms with Gasteiger partial charge in [0.1, 0.15) is 18.2 Å². The fourth-order valence-corrected chi connectivity index (χ4v) is 2.50. The van der Waals surface area contributed by atoms with Gasteiger partial charge in [0.15, 0.2) is 0 Å². The zero-order chi connectivity index (χ0) is 14.6. The van der Waals surface area contributed by atoms with E-state index in [0.29, 0.717) is 12.4 Å². The van der Waals surface area contributed by atoms with Crippen LogP contribution in [0.5, 0.6) is 5.75 Å². The highest BCUT2D eigenvalue weighted by atomic mass is 32.1. The number of rotatable bonds is 5. The summed E-state index contributed by atoms with van der Waals surface area (Å²) < 4.78 is 18.4. The normalized spacial score (nSPS) is 11.6. The van der Waals surface area contributed by atoms with Gasteiger partial charge in [-0.2, -0.15) is 0 Å². The minimum atomic E-state index is -0.246. The van der Waals surface area contributed by atoms with E-state index in [-0.39, 0.29) is 11.4 Å². The molecule has 1 aromatic carbocycles. The third-order valence-electron chi connectivity index (χ3n) is 2.70. The predicted molar refractivity (Wildman–Crippen MR) is 81.6 cm³/mol. The lowest BCUT2D eigenvalue weighted by molar-refractivity contribution is 0.309. The third kappa shape index (κ3) is 4.94. The summed E-state index contributed by atoms with van der Waals surface area (Å²) in [5.74, 6) is 0.443. The number of benzene rings is 1. The maximum atomic E-state index is 12.8. The molecule has 0 fully saturated rings. The van der Waals surface area contributed by atoms with E-state index >= 15 is 0 Å². The van der Waals surface area contributed by atoms with Crippen molar-refractivity contribution in [3.63, 3.8) is 0 Å². The molecule has 0 aliphatic carbocycles. The molecule has 1 aromatic heterocycles. The molecule has 0 atom stereocenters. The Labute approximate surface area is 123 Å². The van der Waals surface area contributed by atoms with E-state index < -0.39 is 0 Å². The van der Waals surface area contributed by atoms with Gasteiger partial charge in [0.25, 0.3) is 0 Å². The van der Waals surface area contributed by atoms with Gasteiger partial charge < -0.3 is 10.1 Å². The van der Waals surface area contributed by atoms with Crippen LogP contribution >= 0.6 is 11.3 Å². The molecule has 108 valence electrons. The molecule has 0 aliphatic heterocycles. The molecule has 0 bridgehead atoms. The van der Waals surface area contributed by atoms with Crippen LogP contribution in [0, 0.1) is 5.82 Å². The second kappa shape index (κ2) is 6.37. The Morgan fingerprint density at radius 3 is 2.35 bits per heavy atom. The molecule has 4 heteroatoms. The number of thiophene rings is 1. The van der Waals surface area contributed by atoms with Crippen molar-refractivity contribution >= 4 is 11.3 Å². The number of nitrogens with one attached hydrogen (secondary N) is 1. The third-order valence-corrected chi connectivity index (χ3v) is 3.76. The topological polar surface area (TPSA) is 21.3 Å². The zero-order valence-electron chi connectivity index (χ0n) is 12.1. The highest BCUT2D eigenvalue weighted by Crippen LogP contribution is 2.20. The van der Waals surface area contributed by atoms with Gasteiger partial charge in [-0.15, -0.1) is 11.3 Å². The second-order valence-electron chi connectivity index (χ2n) is 5.71. The number of halogens is 1. The fraction of sp³-hybridized carbons (Fsp3) is 0.375. The Kier molecular flexibility index (Phi) is 4.78. The standard InChI is InChI=1S/C16H20FNOS/c1-16(2,3)18-10-14-8-9-15(20-14)11-19-13-6-4-12(17)5-7-13/h4-9,18H,10-11H2,1-3H3.